The molecule has 0 aliphatic carbocycles. The standard InChI is InChI=1S/C7H14BNO2/c1-6(9(2)3)7(11-8)4-5-10/h5-7H,4H2,1-3H3/t6-,7+/m0/s1. The topological polar surface area (TPSA) is 29.5 Å². The smallest absolute Gasteiger partial charge is 0.283 e. The summed E-state index contributed by atoms with van der Waals surface area (Å²) in [5.41, 5.74) is 0. The van der Waals surface area contributed by atoms with Crippen molar-refractivity contribution in [2.24, 2.45) is 0 Å². The number of carbonyl (C=O) groups excluding carboxylic acids is 1. The van der Waals surface area contributed by atoms with Crippen LogP contribution in [0.5, 0.6) is 0 Å². The van der Waals surface area contributed by atoms with Crippen molar-refractivity contribution in [2.45, 2.75) is 25.5 Å². The molecule has 11 heavy (non-hydrogen) atoms. The van der Waals surface area contributed by atoms with Crippen LogP contribution >= 0.6 is 0 Å². The van der Waals surface area contributed by atoms with Crippen molar-refractivity contribution in [1.82, 2.24) is 4.90 Å². The Bertz CT molecular complexity index is 119. The number of aldehydes is 1. The lowest BCUT2D eigenvalue weighted by Gasteiger charge is -2.27. The highest BCUT2D eigenvalue weighted by molar-refractivity contribution is 5.98. The van der Waals surface area contributed by atoms with Crippen LogP contribution in [0.2, 0.25) is 0 Å². The van der Waals surface area contributed by atoms with Crippen LogP contribution in [0.4, 0.5) is 0 Å². The summed E-state index contributed by atoms with van der Waals surface area (Å²) in [4.78, 5) is 12.1. The van der Waals surface area contributed by atoms with Crippen LogP contribution < -0.4 is 0 Å². The van der Waals surface area contributed by atoms with Crippen LogP contribution in [0, 0.1) is 0 Å². The zero-order valence-corrected chi connectivity index (χ0v) is 7.28. The molecule has 0 aliphatic rings. The Morgan fingerprint density at radius 1 is 1.64 bits per heavy atom. The molecule has 0 aromatic carbocycles. The first-order valence-electron chi connectivity index (χ1n) is 3.59. The molecule has 62 valence electrons. The van der Waals surface area contributed by atoms with Crippen molar-refractivity contribution in [3.63, 3.8) is 0 Å². The monoisotopic (exact) mass is 155 g/mol. The van der Waals surface area contributed by atoms with E-state index >= 15 is 0 Å². The molecule has 0 bridgehead atoms. The second-order valence-electron chi connectivity index (χ2n) is 2.78. The third-order valence-corrected chi connectivity index (χ3v) is 1.86. The number of hydrogen-bond donors (Lipinski definition) is 0. The molecule has 0 amide bonds. The molecule has 0 N–H and O–H groups in total. The summed E-state index contributed by atoms with van der Waals surface area (Å²) in [6, 6.07) is 0.158. The molecule has 0 saturated heterocycles. The predicted molar refractivity (Wildman–Crippen MR) is 44.5 cm³/mol. The van der Waals surface area contributed by atoms with Crippen molar-refractivity contribution in [2.75, 3.05) is 14.1 Å². The van der Waals surface area contributed by atoms with Gasteiger partial charge in [0.15, 0.2) is 0 Å². The Kier molecular flexibility index (Phi) is 5.16. The van der Waals surface area contributed by atoms with Crippen molar-refractivity contribution in [3.05, 3.63) is 0 Å². The predicted octanol–water partition coefficient (Wildman–Crippen LogP) is -0.00580. The first kappa shape index (κ1) is 10.7. The highest BCUT2D eigenvalue weighted by Crippen LogP contribution is 2.05. The zero-order chi connectivity index (χ0) is 8.85. The second kappa shape index (κ2) is 5.32. The van der Waals surface area contributed by atoms with E-state index in [1.165, 1.54) is 0 Å². The van der Waals surface area contributed by atoms with Gasteiger partial charge in [0.2, 0.25) is 0 Å². The van der Waals surface area contributed by atoms with Crippen molar-refractivity contribution >= 4 is 14.3 Å². The van der Waals surface area contributed by atoms with Crippen molar-refractivity contribution in [1.29, 1.82) is 0 Å². The highest BCUT2D eigenvalue weighted by Gasteiger charge is 2.16. The average Bonchev–Trinajstić information content (AvgIpc) is 1.98. The van der Waals surface area contributed by atoms with Gasteiger partial charge in [-0.15, -0.1) is 0 Å². The lowest BCUT2D eigenvalue weighted by molar-refractivity contribution is -0.109. The van der Waals surface area contributed by atoms with Crippen LogP contribution in [0.25, 0.3) is 0 Å². The zero-order valence-electron chi connectivity index (χ0n) is 7.28. The molecular formula is C7H14BNO2. The maximum absolute atomic E-state index is 10.1. The van der Waals surface area contributed by atoms with Gasteiger partial charge in [-0.1, -0.05) is 0 Å². The van der Waals surface area contributed by atoms with Gasteiger partial charge in [-0.25, -0.2) is 0 Å². The van der Waals surface area contributed by atoms with Crippen molar-refractivity contribution < 1.29 is 9.45 Å². The van der Waals surface area contributed by atoms with Gasteiger partial charge in [0.1, 0.15) is 6.29 Å². The fourth-order valence-electron chi connectivity index (χ4n) is 0.794. The van der Waals surface area contributed by atoms with Gasteiger partial charge in [0, 0.05) is 12.5 Å². The van der Waals surface area contributed by atoms with Gasteiger partial charge < -0.3 is 14.3 Å². The van der Waals surface area contributed by atoms with E-state index in [1.54, 1.807) is 0 Å². The third-order valence-electron chi connectivity index (χ3n) is 1.86. The molecular weight excluding hydrogens is 141 g/mol. The number of carbonyl (C=O) groups is 1. The van der Waals surface area contributed by atoms with Gasteiger partial charge >= 0.3 is 0 Å². The van der Waals surface area contributed by atoms with E-state index in [4.69, 9.17) is 8.05 Å². The molecule has 0 spiro atoms. The number of rotatable bonds is 5. The molecule has 0 aromatic heterocycles. The van der Waals surface area contributed by atoms with Gasteiger partial charge in [-0.05, 0) is 21.0 Å². The fourth-order valence-corrected chi connectivity index (χ4v) is 0.794. The molecule has 0 heterocycles. The summed E-state index contributed by atoms with van der Waals surface area (Å²) in [5, 5.41) is 0. The number of nitrogens with zero attached hydrogens (tertiary/aromatic N) is 1. The largest absolute Gasteiger partial charge is 0.443 e. The summed E-state index contributed by atoms with van der Waals surface area (Å²) in [6.45, 7) is 1.96. The quantitative estimate of drug-likeness (QED) is 0.413. The maximum Gasteiger partial charge on any atom is 0.283 e. The Morgan fingerprint density at radius 3 is 2.45 bits per heavy atom. The van der Waals surface area contributed by atoms with Crippen molar-refractivity contribution in [3.8, 4) is 0 Å². The van der Waals surface area contributed by atoms with E-state index in [0.717, 1.165) is 6.29 Å². The molecule has 0 aromatic rings. The normalized spacial score (nSPS) is 16.4. The van der Waals surface area contributed by atoms with Gasteiger partial charge in [-0.2, -0.15) is 0 Å². The van der Waals surface area contributed by atoms with Gasteiger partial charge in [-0.3, -0.25) is 0 Å². The first-order valence-corrected chi connectivity index (χ1v) is 3.59. The van der Waals surface area contributed by atoms with E-state index in [-0.39, 0.29) is 12.1 Å². The molecule has 3 nitrogen and oxygen atoms in total. The van der Waals surface area contributed by atoms with Gasteiger partial charge in [0.05, 0.1) is 6.10 Å². The first-order chi connectivity index (χ1) is 5.13. The van der Waals surface area contributed by atoms with Crippen LogP contribution in [0.1, 0.15) is 13.3 Å². The minimum absolute atomic E-state index is 0.158. The summed E-state index contributed by atoms with van der Waals surface area (Å²) in [5.74, 6) is 0. The molecule has 4 heteroatoms. The number of hydrogen-bond acceptors (Lipinski definition) is 3. The fraction of sp³-hybridized carbons (Fsp3) is 0.857. The molecule has 0 fully saturated rings. The van der Waals surface area contributed by atoms with Gasteiger partial charge in [0.25, 0.3) is 8.05 Å². The van der Waals surface area contributed by atoms with Crippen LogP contribution in [0.15, 0.2) is 0 Å². The number of likely N-dealkylation sites (N-methyl/N-ethyl adjacent to an activating group) is 1. The highest BCUT2D eigenvalue weighted by atomic mass is 16.4. The summed E-state index contributed by atoms with van der Waals surface area (Å²) in [6.07, 6.45) is 0.954. The molecule has 0 saturated carbocycles. The maximum atomic E-state index is 10.1. The Balaban J connectivity index is 3.90. The van der Waals surface area contributed by atoms with E-state index < -0.39 is 0 Å². The van der Waals surface area contributed by atoms with E-state index in [1.807, 2.05) is 25.9 Å². The Morgan fingerprint density at radius 2 is 2.18 bits per heavy atom. The summed E-state index contributed by atoms with van der Waals surface area (Å²) < 4.78 is 4.64. The van der Waals surface area contributed by atoms with E-state index in [9.17, 15) is 4.79 Å². The van der Waals surface area contributed by atoms with E-state index in [0.29, 0.717) is 6.42 Å². The second-order valence-corrected chi connectivity index (χ2v) is 2.78. The lowest BCUT2D eigenvalue weighted by Crippen LogP contribution is -2.38. The molecule has 2 atom stereocenters. The summed E-state index contributed by atoms with van der Waals surface area (Å²) >= 11 is 0. The van der Waals surface area contributed by atoms with Crippen LogP contribution in [-0.2, 0) is 9.45 Å². The SMILES string of the molecule is [B]O[C@H](CC=O)[C@H](C)N(C)C. The average molecular weight is 155 g/mol. The molecule has 2 radical (unpaired) electrons. The van der Waals surface area contributed by atoms with Crippen LogP contribution in [0.3, 0.4) is 0 Å². The minimum atomic E-state index is -0.206. The Labute approximate surface area is 69.2 Å². The molecule has 0 aliphatic heterocycles. The summed E-state index contributed by atoms with van der Waals surface area (Å²) in [7, 11) is 8.85. The minimum Gasteiger partial charge on any atom is -0.443 e. The Hall–Kier alpha value is -0.345. The molecule has 0 unspecified atom stereocenters. The van der Waals surface area contributed by atoms with E-state index in [2.05, 4.69) is 4.65 Å². The molecule has 0 rings (SSSR count). The lowest BCUT2D eigenvalue weighted by atomic mass is 10.1. The van der Waals surface area contributed by atoms with Crippen LogP contribution in [-0.4, -0.2) is 45.5 Å². The third kappa shape index (κ3) is 3.53.